The average molecular weight is 230 g/mol. The van der Waals surface area contributed by atoms with Gasteiger partial charge in [0.15, 0.2) is 5.82 Å². The zero-order valence-electron chi connectivity index (χ0n) is 10.5. The van der Waals surface area contributed by atoms with E-state index in [0.29, 0.717) is 5.92 Å². The quantitative estimate of drug-likeness (QED) is 0.879. The van der Waals surface area contributed by atoms with Crippen LogP contribution in [0.4, 0.5) is 0 Å². The number of nitrogens with two attached hydrogens (primary N) is 1. The Morgan fingerprint density at radius 2 is 1.76 bits per heavy atom. The third kappa shape index (κ3) is 2.22. The number of aryl methyl sites for hydroxylation is 1. The summed E-state index contributed by atoms with van der Waals surface area (Å²) < 4.78 is 2.02. The molecule has 0 radical (unpaired) electrons. The van der Waals surface area contributed by atoms with Gasteiger partial charge in [-0.25, -0.2) is 0 Å². The monoisotopic (exact) mass is 230 g/mol. The van der Waals surface area contributed by atoms with Crippen molar-refractivity contribution in [2.75, 3.05) is 0 Å². The first-order valence-electron chi connectivity index (χ1n) is 5.84. The first-order valence-corrected chi connectivity index (χ1v) is 5.84. The number of benzene rings is 1. The van der Waals surface area contributed by atoms with Crippen LogP contribution in [0.5, 0.6) is 0 Å². The van der Waals surface area contributed by atoms with Crippen LogP contribution in [-0.4, -0.2) is 14.8 Å². The smallest absolute Gasteiger partial charge is 0.154 e. The van der Waals surface area contributed by atoms with Crippen LogP contribution >= 0.6 is 0 Å². The van der Waals surface area contributed by atoms with Gasteiger partial charge in [-0.2, -0.15) is 0 Å². The fraction of sp³-hybridized carbons (Fsp3) is 0.385. The summed E-state index contributed by atoms with van der Waals surface area (Å²) in [6.07, 6.45) is 0. The van der Waals surface area contributed by atoms with E-state index in [9.17, 15) is 0 Å². The second-order valence-corrected chi connectivity index (χ2v) is 4.55. The van der Waals surface area contributed by atoms with Gasteiger partial charge in [0, 0.05) is 5.69 Å². The molecule has 1 aromatic carbocycles. The van der Waals surface area contributed by atoms with Crippen molar-refractivity contribution in [3.63, 3.8) is 0 Å². The first kappa shape index (κ1) is 11.8. The zero-order valence-corrected chi connectivity index (χ0v) is 10.5. The molecule has 0 fully saturated rings. The van der Waals surface area contributed by atoms with E-state index in [1.165, 1.54) is 0 Å². The largest absolute Gasteiger partial charge is 0.321 e. The number of aromatic nitrogens is 3. The Balaban J connectivity index is 2.51. The van der Waals surface area contributed by atoms with Gasteiger partial charge >= 0.3 is 0 Å². The summed E-state index contributed by atoms with van der Waals surface area (Å²) in [5.74, 6) is 2.02. The molecule has 0 spiro atoms. The van der Waals surface area contributed by atoms with Gasteiger partial charge in [-0.15, -0.1) is 10.2 Å². The normalized spacial score (nSPS) is 13.0. The van der Waals surface area contributed by atoms with E-state index in [4.69, 9.17) is 5.73 Å². The molecule has 0 bridgehead atoms. The van der Waals surface area contributed by atoms with E-state index in [1.807, 2.05) is 41.8 Å². The Labute approximate surface area is 101 Å². The van der Waals surface area contributed by atoms with Crippen LogP contribution in [0.3, 0.4) is 0 Å². The fourth-order valence-electron chi connectivity index (χ4n) is 1.79. The molecule has 0 saturated carbocycles. The van der Waals surface area contributed by atoms with Crippen molar-refractivity contribution in [1.82, 2.24) is 14.8 Å². The summed E-state index contributed by atoms with van der Waals surface area (Å²) in [7, 11) is 0. The van der Waals surface area contributed by atoms with E-state index < -0.39 is 0 Å². The predicted molar refractivity (Wildman–Crippen MR) is 67.9 cm³/mol. The molecule has 1 aromatic heterocycles. The molecule has 0 unspecified atom stereocenters. The number of hydrogen-bond acceptors (Lipinski definition) is 3. The van der Waals surface area contributed by atoms with E-state index in [2.05, 4.69) is 24.0 Å². The minimum absolute atomic E-state index is 0.101. The summed E-state index contributed by atoms with van der Waals surface area (Å²) in [6.45, 7) is 6.12. The molecule has 0 aliphatic rings. The number of nitrogens with zero attached hydrogens (tertiary/aromatic N) is 3. The molecule has 2 rings (SSSR count). The van der Waals surface area contributed by atoms with Gasteiger partial charge in [0.1, 0.15) is 5.82 Å². The van der Waals surface area contributed by atoms with Crippen LogP contribution in [0.1, 0.15) is 31.5 Å². The summed E-state index contributed by atoms with van der Waals surface area (Å²) in [5.41, 5.74) is 7.22. The van der Waals surface area contributed by atoms with Crippen LogP contribution in [0.15, 0.2) is 30.3 Å². The maximum atomic E-state index is 6.17. The van der Waals surface area contributed by atoms with Crippen molar-refractivity contribution in [2.45, 2.75) is 26.8 Å². The van der Waals surface area contributed by atoms with Crippen molar-refractivity contribution in [3.8, 4) is 5.69 Å². The lowest BCUT2D eigenvalue weighted by atomic mass is 10.0. The molecule has 2 aromatic rings. The Hall–Kier alpha value is -1.68. The van der Waals surface area contributed by atoms with Crippen LogP contribution in [0.2, 0.25) is 0 Å². The molecule has 4 heteroatoms. The molecular formula is C13H18N4. The number of para-hydroxylation sites is 1. The molecule has 0 aliphatic carbocycles. The average Bonchev–Trinajstić information content (AvgIpc) is 2.71. The van der Waals surface area contributed by atoms with Gasteiger partial charge in [-0.05, 0) is 25.0 Å². The van der Waals surface area contributed by atoms with Crippen molar-refractivity contribution in [2.24, 2.45) is 11.7 Å². The lowest BCUT2D eigenvalue weighted by Crippen LogP contribution is -2.21. The summed E-state index contributed by atoms with van der Waals surface area (Å²) in [5, 5.41) is 8.33. The van der Waals surface area contributed by atoms with Crippen LogP contribution < -0.4 is 5.73 Å². The highest BCUT2D eigenvalue weighted by Gasteiger charge is 2.19. The summed E-state index contributed by atoms with van der Waals surface area (Å²) in [6, 6.07) is 9.96. The molecule has 2 N–H and O–H groups in total. The zero-order chi connectivity index (χ0) is 12.4. The molecule has 90 valence electrons. The predicted octanol–water partition coefficient (Wildman–Crippen LogP) is 2.23. The molecule has 1 heterocycles. The van der Waals surface area contributed by atoms with Gasteiger partial charge in [-0.1, -0.05) is 32.0 Å². The minimum atomic E-state index is -0.101. The number of rotatable bonds is 3. The molecule has 1 atom stereocenters. The number of hydrogen-bond donors (Lipinski definition) is 1. The third-order valence-corrected chi connectivity index (χ3v) is 2.88. The van der Waals surface area contributed by atoms with Crippen LogP contribution in [0, 0.1) is 12.8 Å². The highest BCUT2D eigenvalue weighted by Crippen LogP contribution is 2.21. The van der Waals surface area contributed by atoms with Crippen molar-refractivity contribution < 1.29 is 0 Å². The summed E-state index contributed by atoms with van der Waals surface area (Å²) in [4.78, 5) is 0. The lowest BCUT2D eigenvalue weighted by Gasteiger charge is -2.16. The van der Waals surface area contributed by atoms with Gasteiger partial charge in [0.2, 0.25) is 0 Å². The standard InChI is InChI=1S/C13H18N4/c1-9(2)12(14)13-16-15-10(3)17(13)11-7-5-4-6-8-11/h4-9,12H,14H2,1-3H3/t12-/m1/s1. The molecule has 4 nitrogen and oxygen atoms in total. The van der Waals surface area contributed by atoms with E-state index in [0.717, 1.165) is 17.3 Å². The van der Waals surface area contributed by atoms with Crippen molar-refractivity contribution >= 4 is 0 Å². The molecular weight excluding hydrogens is 212 g/mol. The highest BCUT2D eigenvalue weighted by molar-refractivity contribution is 5.34. The van der Waals surface area contributed by atoms with Crippen LogP contribution in [0.25, 0.3) is 5.69 Å². The molecule has 17 heavy (non-hydrogen) atoms. The maximum absolute atomic E-state index is 6.17. The van der Waals surface area contributed by atoms with E-state index in [1.54, 1.807) is 0 Å². The Bertz CT molecular complexity index is 487. The molecule has 0 saturated heterocycles. The van der Waals surface area contributed by atoms with Gasteiger partial charge in [0.25, 0.3) is 0 Å². The van der Waals surface area contributed by atoms with E-state index in [-0.39, 0.29) is 6.04 Å². The van der Waals surface area contributed by atoms with Crippen LogP contribution in [-0.2, 0) is 0 Å². The van der Waals surface area contributed by atoms with Gasteiger partial charge in [-0.3, -0.25) is 4.57 Å². The van der Waals surface area contributed by atoms with E-state index >= 15 is 0 Å². The fourth-order valence-corrected chi connectivity index (χ4v) is 1.79. The summed E-state index contributed by atoms with van der Waals surface area (Å²) >= 11 is 0. The second kappa shape index (κ2) is 4.67. The Morgan fingerprint density at radius 3 is 2.35 bits per heavy atom. The maximum Gasteiger partial charge on any atom is 0.154 e. The third-order valence-electron chi connectivity index (χ3n) is 2.88. The molecule has 0 amide bonds. The topological polar surface area (TPSA) is 56.7 Å². The highest BCUT2D eigenvalue weighted by atomic mass is 15.3. The lowest BCUT2D eigenvalue weighted by molar-refractivity contribution is 0.483. The van der Waals surface area contributed by atoms with Crippen molar-refractivity contribution in [1.29, 1.82) is 0 Å². The Kier molecular flexibility index (Phi) is 3.24. The van der Waals surface area contributed by atoms with Gasteiger partial charge < -0.3 is 5.73 Å². The SMILES string of the molecule is Cc1nnc([C@H](N)C(C)C)n1-c1ccccc1. The second-order valence-electron chi connectivity index (χ2n) is 4.55. The molecule has 0 aliphatic heterocycles. The van der Waals surface area contributed by atoms with Crippen molar-refractivity contribution in [3.05, 3.63) is 42.0 Å². The first-order chi connectivity index (χ1) is 8.11. The van der Waals surface area contributed by atoms with Gasteiger partial charge in [0.05, 0.1) is 6.04 Å². The Morgan fingerprint density at radius 1 is 1.12 bits per heavy atom. The minimum Gasteiger partial charge on any atom is -0.321 e.